The molecule has 0 aliphatic carbocycles. The van der Waals surface area contributed by atoms with Gasteiger partial charge in [-0.25, -0.2) is 9.79 Å². The number of thiazole rings is 1. The standard InChI is InChI=1S/C29H25ClN2O5S2/c1-4-36-28(34)24-17(2)31-29-32(25(24)22-13-8-14-38-22)27(33)23(39-29)15-18-10-7-12-21(35-3)26(18)37-16-19-9-5-6-11-20(19)30/h5-15,25H,4,16H2,1-3H3/b23-15-/t25-/m0/s1. The molecule has 1 aliphatic heterocycles. The van der Waals surface area contributed by atoms with Gasteiger partial charge in [0.1, 0.15) is 12.6 Å². The molecule has 1 atom stereocenters. The number of rotatable bonds is 8. The van der Waals surface area contributed by atoms with Crippen LogP contribution in [0.4, 0.5) is 0 Å². The summed E-state index contributed by atoms with van der Waals surface area (Å²) < 4.78 is 19.1. The van der Waals surface area contributed by atoms with Crippen LogP contribution in [0.2, 0.25) is 5.02 Å². The highest BCUT2D eigenvalue weighted by Crippen LogP contribution is 2.34. The minimum atomic E-state index is -0.622. The fourth-order valence-corrected chi connectivity index (χ4v) is 6.43. The van der Waals surface area contributed by atoms with E-state index in [9.17, 15) is 9.59 Å². The van der Waals surface area contributed by atoms with Crippen LogP contribution < -0.4 is 24.4 Å². The predicted octanol–water partition coefficient (Wildman–Crippen LogP) is 5.10. The van der Waals surface area contributed by atoms with Gasteiger partial charge < -0.3 is 14.2 Å². The van der Waals surface area contributed by atoms with E-state index in [1.54, 1.807) is 43.7 Å². The summed E-state index contributed by atoms with van der Waals surface area (Å²) in [5.74, 6) is 0.541. The number of benzene rings is 2. The van der Waals surface area contributed by atoms with Crippen molar-refractivity contribution in [2.75, 3.05) is 13.7 Å². The number of esters is 1. The van der Waals surface area contributed by atoms with E-state index in [-0.39, 0.29) is 18.8 Å². The van der Waals surface area contributed by atoms with Crippen molar-refractivity contribution in [1.82, 2.24) is 4.57 Å². The molecule has 2 aromatic carbocycles. The topological polar surface area (TPSA) is 79.1 Å². The van der Waals surface area contributed by atoms with Crippen LogP contribution in [0.5, 0.6) is 11.5 Å². The predicted molar refractivity (Wildman–Crippen MR) is 153 cm³/mol. The molecule has 5 rings (SSSR count). The Bertz CT molecular complexity index is 1740. The summed E-state index contributed by atoms with van der Waals surface area (Å²) in [4.78, 5) is 32.8. The number of carbonyl (C=O) groups is 1. The molecule has 0 radical (unpaired) electrons. The zero-order valence-electron chi connectivity index (χ0n) is 21.5. The molecule has 0 spiro atoms. The van der Waals surface area contributed by atoms with E-state index in [0.29, 0.717) is 42.7 Å². The van der Waals surface area contributed by atoms with E-state index >= 15 is 0 Å². The molecule has 10 heteroatoms. The Balaban J connectivity index is 1.62. The molecule has 39 heavy (non-hydrogen) atoms. The summed E-state index contributed by atoms with van der Waals surface area (Å²) >= 11 is 9.06. The Labute approximate surface area is 237 Å². The second-order valence-corrected chi connectivity index (χ2v) is 11.0. The molecule has 0 amide bonds. The lowest BCUT2D eigenvalue weighted by Crippen LogP contribution is -2.39. The molecule has 0 N–H and O–H groups in total. The van der Waals surface area contributed by atoms with Gasteiger partial charge in [0.2, 0.25) is 0 Å². The lowest BCUT2D eigenvalue weighted by Gasteiger charge is -2.23. The molecule has 0 saturated heterocycles. The number of thiophene rings is 1. The zero-order chi connectivity index (χ0) is 27.5. The Morgan fingerprint density at radius 2 is 1.97 bits per heavy atom. The Morgan fingerprint density at radius 3 is 2.69 bits per heavy atom. The molecule has 1 aliphatic rings. The number of methoxy groups -OCH3 is 1. The summed E-state index contributed by atoms with van der Waals surface area (Å²) in [6.07, 6.45) is 1.77. The fraction of sp³-hybridized carbons (Fsp3) is 0.207. The van der Waals surface area contributed by atoms with Crippen molar-refractivity contribution in [1.29, 1.82) is 0 Å². The van der Waals surface area contributed by atoms with Gasteiger partial charge in [-0.2, -0.15) is 0 Å². The largest absolute Gasteiger partial charge is 0.493 e. The van der Waals surface area contributed by atoms with E-state index in [2.05, 4.69) is 4.99 Å². The van der Waals surface area contributed by atoms with Crippen LogP contribution >= 0.6 is 34.3 Å². The average Bonchev–Trinajstić information content (AvgIpc) is 3.56. The van der Waals surface area contributed by atoms with Crippen molar-refractivity contribution < 1.29 is 19.0 Å². The van der Waals surface area contributed by atoms with Crippen molar-refractivity contribution in [2.24, 2.45) is 4.99 Å². The Kier molecular flexibility index (Phi) is 8.02. The molecule has 3 heterocycles. The third-order valence-corrected chi connectivity index (χ3v) is 8.45. The quantitative estimate of drug-likeness (QED) is 0.271. The van der Waals surface area contributed by atoms with E-state index in [4.69, 9.17) is 25.8 Å². The van der Waals surface area contributed by atoms with E-state index in [1.165, 1.54) is 22.7 Å². The highest BCUT2D eigenvalue weighted by Gasteiger charge is 2.34. The van der Waals surface area contributed by atoms with Gasteiger partial charge in [-0.3, -0.25) is 9.36 Å². The second-order valence-electron chi connectivity index (χ2n) is 8.58. The van der Waals surface area contributed by atoms with Gasteiger partial charge >= 0.3 is 5.97 Å². The molecule has 0 saturated carbocycles. The molecule has 0 unspecified atom stereocenters. The average molecular weight is 581 g/mol. The number of ether oxygens (including phenoxy) is 3. The molecule has 4 aromatic rings. The molecule has 0 bridgehead atoms. The first-order chi connectivity index (χ1) is 18.9. The summed E-state index contributed by atoms with van der Waals surface area (Å²) in [6, 6.07) is 16.1. The highest BCUT2D eigenvalue weighted by molar-refractivity contribution is 7.10. The van der Waals surface area contributed by atoms with Crippen LogP contribution in [0.1, 0.15) is 35.9 Å². The number of fused-ring (bicyclic) bond motifs is 1. The number of para-hydroxylation sites is 1. The minimum Gasteiger partial charge on any atom is -0.493 e. The monoisotopic (exact) mass is 580 g/mol. The van der Waals surface area contributed by atoms with Gasteiger partial charge in [-0.05, 0) is 43.5 Å². The van der Waals surface area contributed by atoms with E-state index < -0.39 is 12.0 Å². The van der Waals surface area contributed by atoms with E-state index in [1.807, 2.05) is 47.8 Å². The number of allylic oxidation sites excluding steroid dienone is 1. The van der Waals surface area contributed by atoms with Gasteiger partial charge in [0, 0.05) is 21.0 Å². The smallest absolute Gasteiger partial charge is 0.338 e. The number of aromatic nitrogens is 1. The lowest BCUT2D eigenvalue weighted by atomic mass is 10.0. The molecule has 2 aromatic heterocycles. The third kappa shape index (κ3) is 5.30. The first-order valence-corrected chi connectivity index (χ1v) is 14.3. The van der Waals surface area contributed by atoms with Crippen molar-refractivity contribution in [3.05, 3.63) is 112 Å². The number of hydrogen-bond acceptors (Lipinski definition) is 8. The summed E-state index contributed by atoms with van der Waals surface area (Å²) in [6.45, 7) is 3.97. The maximum absolute atomic E-state index is 13.9. The molecular formula is C29H25ClN2O5S2. The van der Waals surface area contributed by atoms with Gasteiger partial charge in [0.05, 0.1) is 29.5 Å². The molecular weight excluding hydrogens is 556 g/mol. The lowest BCUT2D eigenvalue weighted by molar-refractivity contribution is -0.139. The number of carbonyl (C=O) groups excluding carboxylic acids is 1. The highest BCUT2D eigenvalue weighted by atomic mass is 35.5. The van der Waals surface area contributed by atoms with Crippen LogP contribution in [-0.2, 0) is 16.1 Å². The fourth-order valence-electron chi connectivity index (χ4n) is 4.38. The Morgan fingerprint density at radius 1 is 1.15 bits per heavy atom. The SMILES string of the molecule is CCOC(=O)C1=C(C)N=c2s/c(=C\c3cccc(OC)c3OCc3ccccc3Cl)c(=O)n2[C@H]1c1cccs1. The van der Waals surface area contributed by atoms with Crippen LogP contribution in [-0.4, -0.2) is 24.3 Å². The second kappa shape index (κ2) is 11.6. The van der Waals surface area contributed by atoms with Gasteiger partial charge in [-0.15, -0.1) is 11.3 Å². The van der Waals surface area contributed by atoms with E-state index in [0.717, 1.165) is 10.4 Å². The van der Waals surface area contributed by atoms with Crippen molar-refractivity contribution in [3.63, 3.8) is 0 Å². The minimum absolute atomic E-state index is 0.225. The Hall–Kier alpha value is -3.66. The van der Waals surface area contributed by atoms with Crippen LogP contribution in [0.3, 0.4) is 0 Å². The maximum atomic E-state index is 13.9. The van der Waals surface area contributed by atoms with Gasteiger partial charge in [0.15, 0.2) is 16.3 Å². The zero-order valence-corrected chi connectivity index (χ0v) is 23.9. The first kappa shape index (κ1) is 26.9. The molecule has 0 fully saturated rings. The summed E-state index contributed by atoms with van der Waals surface area (Å²) in [5.41, 5.74) is 2.13. The maximum Gasteiger partial charge on any atom is 0.338 e. The third-order valence-electron chi connectivity index (χ3n) is 6.18. The normalized spacial score (nSPS) is 15.1. The van der Waals surface area contributed by atoms with Crippen molar-refractivity contribution >= 4 is 46.3 Å². The molecule has 7 nitrogen and oxygen atoms in total. The molecule has 200 valence electrons. The van der Waals surface area contributed by atoms with Crippen molar-refractivity contribution in [3.8, 4) is 11.5 Å². The van der Waals surface area contributed by atoms with Gasteiger partial charge in [-0.1, -0.05) is 59.3 Å². The first-order valence-electron chi connectivity index (χ1n) is 12.2. The van der Waals surface area contributed by atoms with Crippen molar-refractivity contribution in [2.45, 2.75) is 26.5 Å². The van der Waals surface area contributed by atoms with Gasteiger partial charge in [0.25, 0.3) is 5.56 Å². The van der Waals surface area contributed by atoms with Crippen LogP contribution in [0.15, 0.2) is 81.0 Å². The number of nitrogens with zero attached hydrogens (tertiary/aromatic N) is 2. The summed E-state index contributed by atoms with van der Waals surface area (Å²) in [7, 11) is 1.57. The van der Waals surface area contributed by atoms with Crippen LogP contribution in [0.25, 0.3) is 6.08 Å². The number of hydrogen-bond donors (Lipinski definition) is 0. The number of halogens is 1. The van der Waals surface area contributed by atoms with Crippen LogP contribution in [0, 0.1) is 0 Å². The summed E-state index contributed by atoms with van der Waals surface area (Å²) in [5, 5.41) is 2.52.